The van der Waals surface area contributed by atoms with E-state index in [1.807, 2.05) is 12.1 Å². The summed E-state index contributed by atoms with van der Waals surface area (Å²) in [6.07, 6.45) is 0.222. The van der Waals surface area contributed by atoms with Gasteiger partial charge in [-0.25, -0.2) is 0 Å². The maximum atomic E-state index is 9.72. The number of phenolic OH excluding ortho intramolecular Hbond substituents is 1. The molecule has 2 N–H and O–H groups in total. The number of benzene rings is 1. The van der Waals surface area contributed by atoms with Crippen LogP contribution in [0.1, 0.15) is 66.0 Å². The van der Waals surface area contributed by atoms with Gasteiger partial charge < -0.3 is 10.2 Å². The highest BCUT2D eigenvalue weighted by Crippen LogP contribution is 2.32. The zero-order valence-corrected chi connectivity index (χ0v) is 13.7. The number of carboxylic acids is 1. The molecule has 0 aliphatic heterocycles. The number of carboxylic acid groups (broad SMARTS) is 1. The number of rotatable bonds is 1. The zero-order chi connectivity index (χ0) is 16.1. The van der Waals surface area contributed by atoms with E-state index in [-0.39, 0.29) is 17.3 Å². The molecule has 0 saturated carbocycles. The van der Waals surface area contributed by atoms with E-state index in [0.29, 0.717) is 5.75 Å². The van der Waals surface area contributed by atoms with Crippen molar-refractivity contribution < 1.29 is 15.0 Å². The van der Waals surface area contributed by atoms with Crippen molar-refractivity contribution in [3.63, 3.8) is 0 Å². The summed E-state index contributed by atoms with van der Waals surface area (Å²) in [7, 11) is 0. The molecule has 1 aromatic rings. The lowest BCUT2D eigenvalue weighted by molar-refractivity contribution is -0.136. The predicted octanol–water partition coefficient (Wildman–Crippen LogP) is 4.47. The number of hydrogen-bond acceptors (Lipinski definition) is 2. The van der Waals surface area contributed by atoms with Gasteiger partial charge >= 0.3 is 5.97 Å². The van der Waals surface area contributed by atoms with Gasteiger partial charge in [-0.2, -0.15) is 0 Å². The highest BCUT2D eigenvalue weighted by Gasteiger charge is 2.20. The molecule has 0 saturated heterocycles. The second-order valence-electron chi connectivity index (χ2n) is 7.02. The molecule has 0 amide bonds. The molecule has 0 unspecified atom stereocenters. The number of aliphatic carboxylic acids is 1. The Bertz CT molecular complexity index is 416. The van der Waals surface area contributed by atoms with Gasteiger partial charge in [0, 0.05) is 6.42 Å². The molecular weight excluding hydrogens is 252 g/mol. The average molecular weight is 280 g/mol. The predicted molar refractivity (Wildman–Crippen MR) is 83.4 cm³/mol. The van der Waals surface area contributed by atoms with Crippen LogP contribution in [0.2, 0.25) is 0 Å². The second-order valence-corrected chi connectivity index (χ2v) is 7.02. The lowest BCUT2D eigenvalue weighted by Crippen LogP contribution is -2.15. The lowest BCUT2D eigenvalue weighted by Gasteiger charge is -2.25. The Morgan fingerprint density at radius 3 is 1.45 bits per heavy atom. The normalized spacial score (nSPS) is 11.6. The highest BCUT2D eigenvalue weighted by atomic mass is 16.4. The van der Waals surface area contributed by atoms with E-state index < -0.39 is 5.97 Å². The van der Waals surface area contributed by atoms with Crippen molar-refractivity contribution in [3.8, 4) is 5.75 Å². The summed E-state index contributed by atoms with van der Waals surface area (Å²) in [6.45, 7) is 14.6. The molecular formula is C17H28O3. The standard InChI is InChI=1S/C14H22O.C3H6O2/c1-13(2,3)10-7-11(14(4,5)6)9-12(15)8-10;1-2-3(4)5/h7-9,15H,1-6H3;2H2,1H3,(H,4,5). The van der Waals surface area contributed by atoms with E-state index in [2.05, 4.69) is 47.6 Å². The first-order valence-electron chi connectivity index (χ1n) is 6.94. The number of hydrogen-bond donors (Lipinski definition) is 2. The first kappa shape index (κ1) is 18.5. The quantitative estimate of drug-likeness (QED) is 0.798. The molecule has 0 spiro atoms. The van der Waals surface area contributed by atoms with Crippen LogP contribution in [0.3, 0.4) is 0 Å². The molecule has 0 radical (unpaired) electrons. The molecule has 0 bridgehead atoms. The maximum Gasteiger partial charge on any atom is 0.303 e. The van der Waals surface area contributed by atoms with Crippen molar-refractivity contribution in [3.05, 3.63) is 29.3 Å². The molecule has 0 fully saturated rings. The Kier molecular flexibility index (Phi) is 6.27. The molecule has 0 aromatic heterocycles. The number of aromatic hydroxyl groups is 1. The van der Waals surface area contributed by atoms with Crippen molar-refractivity contribution in [2.45, 2.75) is 65.7 Å². The molecule has 20 heavy (non-hydrogen) atoms. The maximum absolute atomic E-state index is 9.72. The molecule has 114 valence electrons. The van der Waals surface area contributed by atoms with Gasteiger partial charge in [-0.3, -0.25) is 4.79 Å². The van der Waals surface area contributed by atoms with Gasteiger partial charge in [-0.15, -0.1) is 0 Å². The van der Waals surface area contributed by atoms with Crippen molar-refractivity contribution >= 4 is 5.97 Å². The van der Waals surface area contributed by atoms with Crippen molar-refractivity contribution in [2.75, 3.05) is 0 Å². The molecule has 1 rings (SSSR count). The summed E-state index contributed by atoms with van der Waals surface area (Å²) in [4.78, 5) is 9.37. The Morgan fingerprint density at radius 1 is 0.950 bits per heavy atom. The minimum absolute atomic E-state index is 0.0821. The molecule has 3 heteroatoms. The SMILES string of the molecule is CC(C)(C)c1cc(O)cc(C(C)(C)C)c1.CCC(=O)O. The van der Waals surface area contributed by atoms with Crippen molar-refractivity contribution in [1.29, 1.82) is 0 Å². The Balaban J connectivity index is 0.000000621. The summed E-state index contributed by atoms with van der Waals surface area (Å²) in [5.41, 5.74) is 2.54. The minimum atomic E-state index is -0.745. The van der Waals surface area contributed by atoms with Gasteiger partial charge in [-0.1, -0.05) is 54.5 Å². The van der Waals surface area contributed by atoms with E-state index >= 15 is 0 Å². The average Bonchev–Trinajstić information content (AvgIpc) is 2.26. The van der Waals surface area contributed by atoms with Gasteiger partial charge in [0.1, 0.15) is 5.75 Å². The summed E-state index contributed by atoms with van der Waals surface area (Å²) in [5.74, 6) is -0.377. The van der Waals surface area contributed by atoms with Crippen LogP contribution in [0.4, 0.5) is 0 Å². The summed E-state index contributed by atoms with van der Waals surface area (Å²) >= 11 is 0. The fraction of sp³-hybridized carbons (Fsp3) is 0.588. The molecule has 1 aromatic carbocycles. The van der Waals surface area contributed by atoms with Crippen LogP contribution in [0, 0.1) is 0 Å². The number of carbonyl (C=O) groups is 1. The monoisotopic (exact) mass is 280 g/mol. The fourth-order valence-electron chi connectivity index (χ4n) is 1.48. The van der Waals surface area contributed by atoms with E-state index in [4.69, 9.17) is 5.11 Å². The number of phenols is 1. The van der Waals surface area contributed by atoms with Crippen molar-refractivity contribution in [2.24, 2.45) is 0 Å². The van der Waals surface area contributed by atoms with Gasteiger partial charge in [0.25, 0.3) is 0 Å². The third kappa shape index (κ3) is 6.60. The Morgan fingerprint density at radius 2 is 1.25 bits per heavy atom. The topological polar surface area (TPSA) is 57.5 Å². The summed E-state index contributed by atoms with van der Waals surface area (Å²) in [5, 5.41) is 17.4. The van der Waals surface area contributed by atoms with Crippen LogP contribution in [0.15, 0.2) is 18.2 Å². The Hall–Kier alpha value is -1.51. The lowest BCUT2D eigenvalue weighted by atomic mass is 9.80. The molecule has 0 heterocycles. The first-order chi connectivity index (χ1) is 8.87. The smallest absolute Gasteiger partial charge is 0.303 e. The van der Waals surface area contributed by atoms with Crippen molar-refractivity contribution in [1.82, 2.24) is 0 Å². The molecule has 0 atom stereocenters. The molecule has 0 aliphatic rings. The van der Waals surface area contributed by atoms with E-state index in [1.165, 1.54) is 11.1 Å². The highest BCUT2D eigenvalue weighted by molar-refractivity contribution is 5.66. The summed E-state index contributed by atoms with van der Waals surface area (Å²) < 4.78 is 0. The van der Waals surface area contributed by atoms with Gasteiger partial charge in [0.2, 0.25) is 0 Å². The van der Waals surface area contributed by atoms with Gasteiger partial charge in [-0.05, 0) is 34.1 Å². The first-order valence-corrected chi connectivity index (χ1v) is 6.94. The molecule has 0 aliphatic carbocycles. The minimum Gasteiger partial charge on any atom is -0.508 e. The summed E-state index contributed by atoms with van der Waals surface area (Å²) in [6, 6.07) is 5.91. The van der Waals surface area contributed by atoms with Crippen LogP contribution < -0.4 is 0 Å². The van der Waals surface area contributed by atoms with E-state index in [9.17, 15) is 9.90 Å². The van der Waals surface area contributed by atoms with Crippen LogP contribution >= 0.6 is 0 Å². The van der Waals surface area contributed by atoms with E-state index in [0.717, 1.165) is 0 Å². The third-order valence-corrected chi connectivity index (χ3v) is 2.95. The largest absolute Gasteiger partial charge is 0.508 e. The van der Waals surface area contributed by atoms with Gasteiger partial charge in [0.05, 0.1) is 0 Å². The van der Waals surface area contributed by atoms with Crippen LogP contribution in [-0.2, 0) is 15.6 Å². The Labute approximate surface area is 122 Å². The fourth-order valence-corrected chi connectivity index (χ4v) is 1.48. The zero-order valence-electron chi connectivity index (χ0n) is 13.7. The molecule has 3 nitrogen and oxygen atoms in total. The van der Waals surface area contributed by atoms with Crippen LogP contribution in [0.25, 0.3) is 0 Å². The van der Waals surface area contributed by atoms with Crippen LogP contribution in [0.5, 0.6) is 5.75 Å². The third-order valence-electron chi connectivity index (χ3n) is 2.95. The second kappa shape index (κ2) is 6.78. The van der Waals surface area contributed by atoms with Crippen LogP contribution in [-0.4, -0.2) is 16.2 Å². The van der Waals surface area contributed by atoms with E-state index in [1.54, 1.807) is 6.92 Å². The van der Waals surface area contributed by atoms with Gasteiger partial charge in [0.15, 0.2) is 0 Å².